The second-order valence-corrected chi connectivity index (χ2v) is 7.30. The highest BCUT2D eigenvalue weighted by Gasteiger charge is 2.44. The summed E-state index contributed by atoms with van der Waals surface area (Å²) in [6, 6.07) is 10.3. The topological polar surface area (TPSA) is 61.4 Å². The second-order valence-electron chi connectivity index (χ2n) is 7.30. The molecule has 1 aromatic rings. The van der Waals surface area contributed by atoms with Crippen LogP contribution in [0.3, 0.4) is 0 Å². The van der Waals surface area contributed by atoms with Crippen LogP contribution < -0.4 is 10.6 Å². The van der Waals surface area contributed by atoms with E-state index >= 15 is 0 Å². The molecule has 2 aliphatic rings. The van der Waals surface area contributed by atoms with Crippen LogP contribution in [-0.4, -0.2) is 43.0 Å². The molecule has 2 fully saturated rings. The zero-order valence-corrected chi connectivity index (χ0v) is 14.9. The highest BCUT2D eigenvalue weighted by molar-refractivity contribution is 5.76. The van der Waals surface area contributed by atoms with Crippen molar-refractivity contribution in [3.8, 4) is 0 Å². The number of carbonyl (C=O) groups is 2. The fourth-order valence-electron chi connectivity index (χ4n) is 3.57. The Kier molecular flexibility index (Phi) is 5.95. The Morgan fingerprint density at radius 2 is 1.88 bits per heavy atom. The van der Waals surface area contributed by atoms with Crippen LogP contribution in [0.25, 0.3) is 0 Å². The average Bonchev–Trinajstić information content (AvgIpc) is 3.44. The van der Waals surface area contributed by atoms with Crippen LogP contribution in [0.4, 0.5) is 4.79 Å². The zero-order valence-electron chi connectivity index (χ0n) is 14.9. The fraction of sp³-hybridized carbons (Fsp3) is 0.600. The average molecular weight is 343 g/mol. The molecule has 0 unspecified atom stereocenters. The summed E-state index contributed by atoms with van der Waals surface area (Å²) in [5.41, 5.74) is 1.45. The predicted molar refractivity (Wildman–Crippen MR) is 98.4 cm³/mol. The zero-order chi connectivity index (χ0) is 17.5. The maximum absolute atomic E-state index is 12.0. The van der Waals surface area contributed by atoms with Gasteiger partial charge in [0.1, 0.15) is 0 Å². The second kappa shape index (κ2) is 8.37. The Balaban J connectivity index is 1.33. The maximum atomic E-state index is 12.0. The van der Waals surface area contributed by atoms with Crippen LogP contribution in [0, 0.1) is 0 Å². The van der Waals surface area contributed by atoms with E-state index < -0.39 is 0 Å². The highest BCUT2D eigenvalue weighted by Crippen LogP contribution is 2.47. The Morgan fingerprint density at radius 3 is 2.64 bits per heavy atom. The molecule has 1 saturated carbocycles. The molecule has 5 nitrogen and oxygen atoms in total. The number of rotatable bonds is 7. The molecule has 1 saturated heterocycles. The smallest absolute Gasteiger partial charge is 0.314 e. The lowest BCUT2D eigenvalue weighted by molar-refractivity contribution is -0.130. The summed E-state index contributed by atoms with van der Waals surface area (Å²) < 4.78 is 0. The minimum Gasteiger partial charge on any atom is -0.343 e. The van der Waals surface area contributed by atoms with Crippen LogP contribution in [0.1, 0.15) is 50.5 Å². The molecular weight excluding hydrogens is 314 g/mol. The van der Waals surface area contributed by atoms with Crippen molar-refractivity contribution in [1.82, 2.24) is 15.5 Å². The number of likely N-dealkylation sites (tertiary alicyclic amines) is 1. The van der Waals surface area contributed by atoms with Crippen molar-refractivity contribution < 1.29 is 9.59 Å². The molecule has 2 N–H and O–H groups in total. The van der Waals surface area contributed by atoms with E-state index in [-0.39, 0.29) is 17.4 Å². The van der Waals surface area contributed by atoms with Gasteiger partial charge in [-0.2, -0.15) is 0 Å². The van der Waals surface area contributed by atoms with Crippen molar-refractivity contribution in [2.24, 2.45) is 0 Å². The monoisotopic (exact) mass is 343 g/mol. The molecule has 3 amide bonds. The fourth-order valence-corrected chi connectivity index (χ4v) is 3.57. The molecule has 1 aliphatic heterocycles. The summed E-state index contributed by atoms with van der Waals surface area (Å²) in [6.07, 6.45) is 7.01. The van der Waals surface area contributed by atoms with E-state index in [1.807, 2.05) is 11.0 Å². The van der Waals surface area contributed by atoms with Gasteiger partial charge in [0.05, 0.1) is 0 Å². The minimum absolute atomic E-state index is 0.107. The first kappa shape index (κ1) is 17.8. The van der Waals surface area contributed by atoms with E-state index in [2.05, 4.69) is 34.9 Å². The van der Waals surface area contributed by atoms with Crippen LogP contribution in [0.5, 0.6) is 0 Å². The van der Waals surface area contributed by atoms with Gasteiger partial charge in [-0.05, 0) is 37.7 Å². The molecule has 1 aliphatic carbocycles. The number of urea groups is 1. The van der Waals surface area contributed by atoms with Crippen molar-refractivity contribution in [2.75, 3.05) is 26.2 Å². The molecule has 5 heteroatoms. The standard InChI is InChI=1S/C20H29N3O2/c24-18-10-5-2-6-14-23(18)15-7-13-21-19(25)22-16-20(11-12-20)17-8-3-1-4-9-17/h1,3-4,8-9H,2,5-7,10-16H2,(H2,21,22,25). The normalized spacial score (nSPS) is 19.2. The third-order valence-corrected chi connectivity index (χ3v) is 5.39. The quantitative estimate of drug-likeness (QED) is 0.748. The van der Waals surface area contributed by atoms with Gasteiger partial charge < -0.3 is 15.5 Å². The van der Waals surface area contributed by atoms with Crippen LogP contribution in [0.15, 0.2) is 30.3 Å². The molecule has 1 heterocycles. The molecule has 0 radical (unpaired) electrons. The van der Waals surface area contributed by atoms with Crippen LogP contribution in [-0.2, 0) is 10.2 Å². The summed E-state index contributed by atoms with van der Waals surface area (Å²) in [6.45, 7) is 2.90. The molecule has 0 bridgehead atoms. The van der Waals surface area contributed by atoms with Crippen LogP contribution >= 0.6 is 0 Å². The first-order valence-corrected chi connectivity index (χ1v) is 9.55. The van der Waals surface area contributed by atoms with Gasteiger partial charge in [-0.3, -0.25) is 4.79 Å². The summed E-state index contributed by atoms with van der Waals surface area (Å²) >= 11 is 0. The largest absolute Gasteiger partial charge is 0.343 e. The van der Waals surface area contributed by atoms with Crippen molar-refractivity contribution in [2.45, 2.75) is 50.4 Å². The van der Waals surface area contributed by atoms with E-state index in [1.165, 1.54) is 5.56 Å². The Labute approximate surface area is 150 Å². The lowest BCUT2D eigenvalue weighted by Crippen LogP contribution is -2.41. The third kappa shape index (κ3) is 4.97. The summed E-state index contributed by atoms with van der Waals surface area (Å²) in [7, 11) is 0. The van der Waals surface area contributed by atoms with Crippen molar-refractivity contribution in [3.05, 3.63) is 35.9 Å². The van der Waals surface area contributed by atoms with Gasteiger partial charge in [-0.15, -0.1) is 0 Å². The molecule has 25 heavy (non-hydrogen) atoms. The number of nitrogens with one attached hydrogen (secondary N) is 2. The maximum Gasteiger partial charge on any atom is 0.314 e. The summed E-state index contributed by atoms with van der Waals surface area (Å²) in [4.78, 5) is 25.9. The van der Waals surface area contributed by atoms with Crippen LogP contribution in [0.2, 0.25) is 0 Å². The van der Waals surface area contributed by atoms with E-state index in [0.717, 1.165) is 51.6 Å². The lowest BCUT2D eigenvalue weighted by atomic mass is 9.96. The van der Waals surface area contributed by atoms with Gasteiger partial charge in [0.25, 0.3) is 0 Å². The SMILES string of the molecule is O=C(NCCCN1CCCCCC1=O)NCC1(c2ccccc2)CC1. The van der Waals surface area contributed by atoms with Gasteiger partial charge in [-0.1, -0.05) is 36.8 Å². The number of hydrogen-bond acceptors (Lipinski definition) is 2. The van der Waals surface area contributed by atoms with Gasteiger partial charge in [0.15, 0.2) is 0 Å². The Morgan fingerprint density at radius 1 is 1.08 bits per heavy atom. The highest BCUT2D eigenvalue weighted by atomic mass is 16.2. The summed E-state index contributed by atoms with van der Waals surface area (Å²) in [5.74, 6) is 0.264. The molecule has 1 aromatic carbocycles. The number of benzene rings is 1. The molecule has 0 aromatic heterocycles. The molecule has 3 rings (SSSR count). The molecule has 136 valence electrons. The number of carbonyl (C=O) groups excluding carboxylic acids is 2. The first-order valence-electron chi connectivity index (χ1n) is 9.55. The van der Waals surface area contributed by atoms with Crippen molar-refractivity contribution >= 4 is 11.9 Å². The summed E-state index contributed by atoms with van der Waals surface area (Å²) in [5, 5.41) is 5.93. The van der Waals surface area contributed by atoms with E-state index in [1.54, 1.807) is 0 Å². The van der Waals surface area contributed by atoms with Gasteiger partial charge in [0, 0.05) is 38.0 Å². The predicted octanol–water partition coefficient (Wildman–Crippen LogP) is 2.81. The van der Waals surface area contributed by atoms with Crippen molar-refractivity contribution in [1.29, 1.82) is 0 Å². The van der Waals surface area contributed by atoms with E-state index in [9.17, 15) is 9.59 Å². The lowest BCUT2D eigenvalue weighted by Gasteiger charge is -2.20. The minimum atomic E-state index is -0.107. The Hall–Kier alpha value is -2.04. The van der Waals surface area contributed by atoms with E-state index in [0.29, 0.717) is 19.5 Å². The Bertz CT molecular complexity index is 584. The number of nitrogens with zero attached hydrogens (tertiary/aromatic N) is 1. The van der Waals surface area contributed by atoms with Gasteiger partial charge in [0.2, 0.25) is 5.91 Å². The van der Waals surface area contributed by atoms with E-state index in [4.69, 9.17) is 0 Å². The third-order valence-electron chi connectivity index (χ3n) is 5.39. The van der Waals surface area contributed by atoms with Crippen molar-refractivity contribution in [3.63, 3.8) is 0 Å². The number of amides is 3. The van der Waals surface area contributed by atoms with Gasteiger partial charge >= 0.3 is 6.03 Å². The molecular formula is C20H29N3O2. The molecule has 0 atom stereocenters. The first-order chi connectivity index (χ1) is 12.2. The number of hydrogen-bond donors (Lipinski definition) is 2. The van der Waals surface area contributed by atoms with Gasteiger partial charge in [-0.25, -0.2) is 4.79 Å². The molecule has 0 spiro atoms.